The van der Waals surface area contributed by atoms with E-state index in [0.29, 0.717) is 6.07 Å². The lowest BCUT2D eigenvalue weighted by molar-refractivity contribution is -0.140. The molecule has 0 aliphatic carbocycles. The van der Waals surface area contributed by atoms with E-state index in [1.807, 2.05) is 0 Å². The highest BCUT2D eigenvalue weighted by Crippen LogP contribution is 2.32. The van der Waals surface area contributed by atoms with Gasteiger partial charge in [-0.15, -0.1) is 0 Å². The van der Waals surface area contributed by atoms with Crippen molar-refractivity contribution in [1.82, 2.24) is 5.32 Å². The monoisotopic (exact) mass is 307 g/mol. The summed E-state index contributed by atoms with van der Waals surface area (Å²) in [5.41, 5.74) is 2.98. The maximum atomic E-state index is 13.7. The van der Waals surface area contributed by atoms with E-state index in [4.69, 9.17) is 10.9 Å². The molecule has 116 valence electrons. The van der Waals surface area contributed by atoms with E-state index in [1.54, 1.807) is 0 Å². The number of hydrogen-bond donors (Lipinski definition) is 3. The van der Waals surface area contributed by atoms with Crippen LogP contribution in [0.5, 0.6) is 0 Å². The maximum Gasteiger partial charge on any atom is 0.419 e. The van der Waals surface area contributed by atoms with E-state index < -0.39 is 35.1 Å². The average Bonchev–Trinajstić information content (AvgIpc) is 2.36. The number of carbonyl (C=O) groups excluding carboxylic acids is 1. The first-order valence-electron chi connectivity index (χ1n) is 5.79. The molecule has 0 aliphatic rings. The molecule has 1 unspecified atom stereocenters. The van der Waals surface area contributed by atoms with E-state index in [9.17, 15) is 22.4 Å². The summed E-state index contributed by atoms with van der Waals surface area (Å²) in [6, 6.07) is 1.78. The Labute approximate surface area is 117 Å². The fourth-order valence-electron chi connectivity index (χ4n) is 1.63. The van der Waals surface area contributed by atoms with Crippen molar-refractivity contribution >= 4 is 11.7 Å². The van der Waals surface area contributed by atoms with Crippen LogP contribution in [0.15, 0.2) is 23.4 Å². The van der Waals surface area contributed by atoms with Crippen LogP contribution in [0, 0.1) is 5.82 Å². The Morgan fingerprint density at radius 3 is 2.62 bits per heavy atom. The van der Waals surface area contributed by atoms with E-state index in [0.717, 1.165) is 12.1 Å². The smallest absolute Gasteiger partial charge is 0.409 e. The largest absolute Gasteiger partial charge is 0.419 e. The van der Waals surface area contributed by atoms with Crippen molar-refractivity contribution < 1.29 is 27.6 Å². The second-order valence-corrected chi connectivity index (χ2v) is 4.33. The molecule has 1 amide bonds. The zero-order valence-electron chi connectivity index (χ0n) is 10.9. The number of halogens is 4. The number of nitrogens with two attached hydrogens (primary N) is 1. The van der Waals surface area contributed by atoms with Gasteiger partial charge in [0.05, 0.1) is 11.1 Å². The van der Waals surface area contributed by atoms with Gasteiger partial charge in [-0.2, -0.15) is 13.2 Å². The van der Waals surface area contributed by atoms with Crippen LogP contribution in [-0.2, 0) is 6.18 Å². The van der Waals surface area contributed by atoms with E-state index >= 15 is 0 Å². The van der Waals surface area contributed by atoms with E-state index in [-0.39, 0.29) is 12.3 Å². The number of nitrogens with zero attached hydrogens (tertiary/aromatic N) is 1. The van der Waals surface area contributed by atoms with Crippen LogP contribution in [0.3, 0.4) is 0 Å². The molecule has 1 aromatic carbocycles. The number of oxime groups is 1. The molecule has 9 heteroatoms. The first-order chi connectivity index (χ1) is 9.66. The van der Waals surface area contributed by atoms with Crippen molar-refractivity contribution in [1.29, 1.82) is 0 Å². The highest BCUT2D eigenvalue weighted by atomic mass is 19.4. The summed E-state index contributed by atoms with van der Waals surface area (Å²) in [7, 11) is 0. The minimum absolute atomic E-state index is 0.0389. The molecule has 0 spiro atoms. The molecule has 0 bridgehead atoms. The number of amides is 1. The summed E-state index contributed by atoms with van der Waals surface area (Å²) in [6.07, 6.45) is -4.93. The third-order valence-electron chi connectivity index (χ3n) is 2.57. The molecule has 4 N–H and O–H groups in total. The zero-order chi connectivity index (χ0) is 16.2. The number of alkyl halides is 3. The highest BCUT2D eigenvalue weighted by Gasteiger charge is 2.35. The van der Waals surface area contributed by atoms with Gasteiger partial charge in [0.15, 0.2) is 0 Å². The van der Waals surface area contributed by atoms with Gasteiger partial charge in [0.1, 0.15) is 11.7 Å². The summed E-state index contributed by atoms with van der Waals surface area (Å²) >= 11 is 0. The second-order valence-electron chi connectivity index (χ2n) is 4.33. The third kappa shape index (κ3) is 4.33. The van der Waals surface area contributed by atoms with Crippen molar-refractivity contribution in [3.8, 4) is 0 Å². The topological polar surface area (TPSA) is 87.7 Å². The molecule has 1 aromatic rings. The van der Waals surface area contributed by atoms with Gasteiger partial charge in [0, 0.05) is 12.5 Å². The summed E-state index contributed by atoms with van der Waals surface area (Å²) in [5, 5.41) is 13.3. The van der Waals surface area contributed by atoms with Crippen molar-refractivity contribution in [2.75, 3.05) is 0 Å². The number of rotatable bonds is 4. The van der Waals surface area contributed by atoms with Crippen LogP contribution in [0.25, 0.3) is 0 Å². The normalized spacial score (nSPS) is 13.9. The number of amidine groups is 1. The molecule has 0 saturated heterocycles. The third-order valence-corrected chi connectivity index (χ3v) is 2.57. The molecule has 0 heterocycles. The average molecular weight is 307 g/mol. The number of hydrogen-bond acceptors (Lipinski definition) is 3. The van der Waals surface area contributed by atoms with Gasteiger partial charge < -0.3 is 16.3 Å². The summed E-state index contributed by atoms with van der Waals surface area (Å²) < 4.78 is 51.4. The molecule has 1 atom stereocenters. The Kier molecular flexibility index (Phi) is 5.12. The molecular formula is C12H13F4N3O2. The molecule has 21 heavy (non-hydrogen) atoms. The standard InChI is InChI=1S/C12H13F4N3O2/c1-6(5-9(17)19-21)18-11(20)7-3-2-4-8(10(7)13)12(14,15)16/h2-4,6,21H,5H2,1H3,(H2,17,19)(H,18,20). The highest BCUT2D eigenvalue weighted by molar-refractivity contribution is 5.95. The van der Waals surface area contributed by atoms with E-state index in [2.05, 4.69) is 10.5 Å². The minimum Gasteiger partial charge on any atom is -0.409 e. The fraction of sp³-hybridized carbons (Fsp3) is 0.333. The zero-order valence-corrected chi connectivity index (χ0v) is 10.9. The van der Waals surface area contributed by atoms with Crippen LogP contribution >= 0.6 is 0 Å². The Hall–Kier alpha value is -2.32. The Morgan fingerprint density at radius 1 is 1.48 bits per heavy atom. The quantitative estimate of drug-likeness (QED) is 0.262. The lowest BCUT2D eigenvalue weighted by atomic mass is 10.1. The first kappa shape index (κ1) is 16.7. The molecule has 5 nitrogen and oxygen atoms in total. The fourth-order valence-corrected chi connectivity index (χ4v) is 1.63. The molecule has 0 radical (unpaired) electrons. The van der Waals surface area contributed by atoms with Gasteiger partial charge in [0.2, 0.25) is 0 Å². The first-order valence-corrected chi connectivity index (χ1v) is 5.79. The van der Waals surface area contributed by atoms with Crippen molar-refractivity contribution in [3.63, 3.8) is 0 Å². The predicted octanol–water partition coefficient (Wildman–Crippen LogP) is 2.10. The summed E-state index contributed by atoms with van der Waals surface area (Å²) in [6.45, 7) is 1.47. The van der Waals surface area contributed by atoms with Crippen LogP contribution in [0.1, 0.15) is 29.3 Å². The maximum absolute atomic E-state index is 13.7. The number of nitrogens with one attached hydrogen (secondary N) is 1. The number of carbonyl (C=O) groups is 1. The lowest BCUT2D eigenvalue weighted by Gasteiger charge is -2.15. The SMILES string of the molecule is CC(C/C(N)=N/O)NC(=O)c1cccc(C(F)(F)F)c1F. The summed E-state index contributed by atoms with van der Waals surface area (Å²) in [5.74, 6) is -2.83. The summed E-state index contributed by atoms with van der Waals surface area (Å²) in [4.78, 5) is 11.8. The van der Waals surface area contributed by atoms with Crippen molar-refractivity contribution in [2.45, 2.75) is 25.6 Å². The van der Waals surface area contributed by atoms with Gasteiger partial charge in [-0.05, 0) is 19.1 Å². The molecular weight excluding hydrogens is 294 g/mol. The predicted molar refractivity (Wildman–Crippen MR) is 66.4 cm³/mol. The van der Waals surface area contributed by atoms with Crippen LogP contribution in [-0.4, -0.2) is 23.0 Å². The minimum atomic E-state index is -4.89. The molecule has 0 fully saturated rings. The number of benzene rings is 1. The molecule has 0 aromatic heterocycles. The second kappa shape index (κ2) is 6.42. The van der Waals surface area contributed by atoms with Gasteiger partial charge >= 0.3 is 6.18 Å². The van der Waals surface area contributed by atoms with Crippen LogP contribution in [0.2, 0.25) is 0 Å². The Balaban J connectivity index is 2.94. The van der Waals surface area contributed by atoms with Crippen molar-refractivity contribution in [3.05, 3.63) is 35.1 Å². The molecule has 0 saturated carbocycles. The van der Waals surface area contributed by atoms with E-state index in [1.165, 1.54) is 6.92 Å². The van der Waals surface area contributed by atoms with Crippen LogP contribution < -0.4 is 11.1 Å². The molecule has 0 aliphatic heterocycles. The Morgan fingerprint density at radius 2 is 2.10 bits per heavy atom. The van der Waals surface area contributed by atoms with Crippen LogP contribution in [0.4, 0.5) is 17.6 Å². The Bertz CT molecular complexity index is 558. The van der Waals surface area contributed by atoms with Gasteiger partial charge in [0.25, 0.3) is 5.91 Å². The van der Waals surface area contributed by atoms with Gasteiger partial charge in [-0.25, -0.2) is 4.39 Å². The van der Waals surface area contributed by atoms with Gasteiger partial charge in [-0.3, -0.25) is 4.79 Å². The molecule has 1 rings (SSSR count). The lowest BCUT2D eigenvalue weighted by Crippen LogP contribution is -2.36. The van der Waals surface area contributed by atoms with Gasteiger partial charge in [-0.1, -0.05) is 11.2 Å². The van der Waals surface area contributed by atoms with Crippen molar-refractivity contribution in [2.24, 2.45) is 10.9 Å².